The zero-order chi connectivity index (χ0) is 16.1. The van der Waals surface area contributed by atoms with Crippen LogP contribution in [0.3, 0.4) is 0 Å². The Labute approximate surface area is 128 Å². The summed E-state index contributed by atoms with van der Waals surface area (Å²) in [6.07, 6.45) is 3.64. The number of hydrogen-bond donors (Lipinski definition) is 1. The Hall–Kier alpha value is -2.64. The van der Waals surface area contributed by atoms with Crippen molar-refractivity contribution in [2.75, 3.05) is 14.1 Å². The van der Waals surface area contributed by atoms with Gasteiger partial charge in [0.15, 0.2) is 5.69 Å². The van der Waals surface area contributed by atoms with E-state index >= 15 is 0 Å². The van der Waals surface area contributed by atoms with Crippen LogP contribution in [0, 0.1) is 0 Å². The van der Waals surface area contributed by atoms with Crippen LogP contribution in [-0.4, -0.2) is 51.8 Å². The number of amides is 2. The van der Waals surface area contributed by atoms with Gasteiger partial charge in [-0.1, -0.05) is 5.21 Å². The van der Waals surface area contributed by atoms with E-state index in [0.29, 0.717) is 6.42 Å². The van der Waals surface area contributed by atoms with Crippen LogP contribution in [0.2, 0.25) is 0 Å². The fourth-order valence-electron chi connectivity index (χ4n) is 1.84. The van der Waals surface area contributed by atoms with Crippen LogP contribution in [0.15, 0.2) is 29.0 Å². The molecule has 118 valence electrons. The zero-order valence-electron chi connectivity index (χ0n) is 12.8. The number of carbonyl (C=O) groups excluding carboxylic acids is 2. The maximum atomic E-state index is 12.1. The lowest BCUT2D eigenvalue weighted by atomic mass is 10.2. The number of aromatic nitrogens is 3. The van der Waals surface area contributed by atoms with Crippen LogP contribution >= 0.6 is 0 Å². The summed E-state index contributed by atoms with van der Waals surface area (Å²) in [6, 6.07) is 3.55. The van der Waals surface area contributed by atoms with Gasteiger partial charge in [-0.15, -0.1) is 5.10 Å². The van der Waals surface area contributed by atoms with E-state index in [-0.39, 0.29) is 30.1 Å². The van der Waals surface area contributed by atoms with Crippen LogP contribution in [0.4, 0.5) is 0 Å². The Morgan fingerprint density at radius 2 is 2.23 bits per heavy atom. The Kier molecular flexibility index (Phi) is 4.92. The van der Waals surface area contributed by atoms with E-state index in [1.165, 1.54) is 15.8 Å². The van der Waals surface area contributed by atoms with Gasteiger partial charge < -0.3 is 14.6 Å². The molecule has 2 rings (SSSR count). The van der Waals surface area contributed by atoms with Crippen LogP contribution in [0.5, 0.6) is 0 Å². The van der Waals surface area contributed by atoms with E-state index in [2.05, 4.69) is 15.6 Å². The molecule has 2 amide bonds. The van der Waals surface area contributed by atoms with Crippen LogP contribution in [0.1, 0.15) is 23.2 Å². The molecule has 2 heterocycles. The quantitative estimate of drug-likeness (QED) is 0.829. The summed E-state index contributed by atoms with van der Waals surface area (Å²) in [5, 5.41) is 10.4. The minimum Gasteiger partial charge on any atom is -0.469 e. The average Bonchev–Trinajstić information content (AvgIpc) is 3.09. The van der Waals surface area contributed by atoms with Crippen molar-refractivity contribution in [2.24, 2.45) is 0 Å². The van der Waals surface area contributed by atoms with E-state index in [4.69, 9.17) is 4.42 Å². The predicted molar refractivity (Wildman–Crippen MR) is 78.1 cm³/mol. The molecule has 0 saturated carbocycles. The lowest BCUT2D eigenvalue weighted by Gasteiger charge is -2.11. The minimum atomic E-state index is -0.331. The van der Waals surface area contributed by atoms with Crippen molar-refractivity contribution in [1.82, 2.24) is 25.2 Å². The second-order valence-electron chi connectivity index (χ2n) is 5.25. The third-order valence-corrected chi connectivity index (χ3v) is 3.03. The normalized spacial score (nSPS) is 12.0. The number of rotatable bonds is 6. The number of hydrogen-bond acceptors (Lipinski definition) is 5. The number of furan rings is 1. The first-order chi connectivity index (χ1) is 10.5. The third kappa shape index (κ3) is 4.18. The van der Waals surface area contributed by atoms with Crippen molar-refractivity contribution in [3.05, 3.63) is 36.0 Å². The monoisotopic (exact) mass is 305 g/mol. The van der Waals surface area contributed by atoms with E-state index in [9.17, 15) is 9.59 Å². The maximum Gasteiger partial charge on any atom is 0.273 e. The van der Waals surface area contributed by atoms with Crippen LogP contribution in [-0.2, 0) is 17.8 Å². The summed E-state index contributed by atoms with van der Waals surface area (Å²) in [5.74, 6) is 0.346. The second-order valence-corrected chi connectivity index (χ2v) is 5.25. The van der Waals surface area contributed by atoms with Gasteiger partial charge >= 0.3 is 0 Å². The molecule has 1 N–H and O–H groups in total. The number of nitrogens with zero attached hydrogens (tertiary/aromatic N) is 4. The summed E-state index contributed by atoms with van der Waals surface area (Å²) in [5.41, 5.74) is 0.179. The van der Waals surface area contributed by atoms with Gasteiger partial charge in [0.25, 0.3) is 5.91 Å². The molecule has 0 aromatic carbocycles. The van der Waals surface area contributed by atoms with Gasteiger partial charge in [0.1, 0.15) is 12.3 Å². The highest BCUT2D eigenvalue weighted by molar-refractivity contribution is 5.92. The van der Waals surface area contributed by atoms with Gasteiger partial charge in [0, 0.05) is 26.6 Å². The van der Waals surface area contributed by atoms with Crippen molar-refractivity contribution in [2.45, 2.75) is 25.9 Å². The van der Waals surface area contributed by atoms with Gasteiger partial charge in [-0.05, 0) is 19.1 Å². The molecule has 8 heteroatoms. The molecule has 0 aliphatic rings. The summed E-state index contributed by atoms with van der Waals surface area (Å²) in [7, 11) is 3.31. The van der Waals surface area contributed by atoms with E-state index < -0.39 is 0 Å². The standard InChI is InChI=1S/C14H19N5O3/c1-10(7-11-5-4-6-22-11)15-14(21)12-8-19(17-16-12)9-13(20)18(2)3/h4-6,8,10H,7,9H2,1-3H3,(H,15,21)/t10-/m1/s1. The third-order valence-electron chi connectivity index (χ3n) is 3.03. The number of likely N-dealkylation sites (N-methyl/N-ethyl adjacent to an activating group) is 1. The lowest BCUT2D eigenvalue weighted by molar-refractivity contribution is -0.129. The largest absolute Gasteiger partial charge is 0.469 e. The molecule has 0 radical (unpaired) electrons. The smallest absolute Gasteiger partial charge is 0.273 e. The Balaban J connectivity index is 1.90. The molecule has 22 heavy (non-hydrogen) atoms. The molecule has 0 saturated heterocycles. The van der Waals surface area contributed by atoms with Gasteiger partial charge in [0.2, 0.25) is 5.91 Å². The summed E-state index contributed by atoms with van der Waals surface area (Å²) < 4.78 is 6.58. The summed E-state index contributed by atoms with van der Waals surface area (Å²) >= 11 is 0. The molecule has 0 fully saturated rings. The Morgan fingerprint density at radius 1 is 1.45 bits per heavy atom. The highest BCUT2D eigenvalue weighted by Gasteiger charge is 2.16. The van der Waals surface area contributed by atoms with E-state index in [1.54, 1.807) is 26.4 Å². The van der Waals surface area contributed by atoms with Crippen LogP contribution < -0.4 is 5.32 Å². The first-order valence-electron chi connectivity index (χ1n) is 6.89. The summed E-state index contributed by atoms with van der Waals surface area (Å²) in [4.78, 5) is 25.1. The topological polar surface area (TPSA) is 93.3 Å². The van der Waals surface area contributed by atoms with Crippen molar-refractivity contribution in [3.63, 3.8) is 0 Å². The first kappa shape index (κ1) is 15.7. The molecular weight excluding hydrogens is 286 g/mol. The van der Waals surface area contributed by atoms with Gasteiger partial charge in [-0.2, -0.15) is 0 Å². The van der Waals surface area contributed by atoms with E-state index in [0.717, 1.165) is 5.76 Å². The fourth-order valence-corrected chi connectivity index (χ4v) is 1.84. The SMILES string of the molecule is C[C@H](Cc1ccco1)NC(=O)c1cn(CC(=O)N(C)C)nn1. The molecule has 2 aromatic rings. The molecule has 0 bridgehead atoms. The molecule has 1 atom stereocenters. The summed E-state index contributed by atoms with van der Waals surface area (Å²) in [6.45, 7) is 1.93. The van der Waals surface area contributed by atoms with Crippen molar-refractivity contribution < 1.29 is 14.0 Å². The van der Waals surface area contributed by atoms with Crippen molar-refractivity contribution >= 4 is 11.8 Å². The molecule has 0 aliphatic carbocycles. The molecule has 0 spiro atoms. The van der Waals surface area contributed by atoms with Gasteiger partial charge in [-0.3, -0.25) is 9.59 Å². The highest BCUT2D eigenvalue weighted by atomic mass is 16.3. The fraction of sp³-hybridized carbons (Fsp3) is 0.429. The molecule has 0 unspecified atom stereocenters. The van der Waals surface area contributed by atoms with Crippen LogP contribution in [0.25, 0.3) is 0 Å². The maximum absolute atomic E-state index is 12.1. The molecule has 2 aromatic heterocycles. The van der Waals surface area contributed by atoms with Crippen molar-refractivity contribution in [1.29, 1.82) is 0 Å². The van der Waals surface area contributed by atoms with Gasteiger partial charge in [-0.25, -0.2) is 4.68 Å². The van der Waals surface area contributed by atoms with Gasteiger partial charge in [0.05, 0.1) is 12.5 Å². The molecular formula is C14H19N5O3. The van der Waals surface area contributed by atoms with Crippen molar-refractivity contribution in [3.8, 4) is 0 Å². The first-order valence-corrected chi connectivity index (χ1v) is 6.89. The average molecular weight is 305 g/mol. The second kappa shape index (κ2) is 6.88. The zero-order valence-corrected chi connectivity index (χ0v) is 12.8. The molecule has 8 nitrogen and oxygen atoms in total. The lowest BCUT2D eigenvalue weighted by Crippen LogP contribution is -2.34. The Morgan fingerprint density at radius 3 is 2.86 bits per heavy atom. The molecule has 0 aliphatic heterocycles. The predicted octanol–water partition coefficient (Wildman–Crippen LogP) is 0.320. The number of carbonyl (C=O) groups is 2. The minimum absolute atomic E-state index is 0.0508. The highest BCUT2D eigenvalue weighted by Crippen LogP contribution is 2.04. The number of nitrogens with one attached hydrogen (secondary N) is 1. The Bertz CT molecular complexity index is 633. The van der Waals surface area contributed by atoms with E-state index in [1.807, 2.05) is 13.0 Å².